The Morgan fingerprint density at radius 2 is 1.03 bits per heavy atom. The molecule has 0 bridgehead atoms. The van der Waals surface area contributed by atoms with Crippen molar-refractivity contribution in [2.45, 2.75) is 167 Å². The lowest BCUT2D eigenvalue weighted by atomic mass is 9.94. The van der Waals surface area contributed by atoms with E-state index in [0.717, 1.165) is 12.8 Å². The van der Waals surface area contributed by atoms with Crippen molar-refractivity contribution in [1.82, 2.24) is 0 Å². The smallest absolute Gasteiger partial charge is 0.186 e. The molecule has 204 valence electrons. The molecule has 0 spiro atoms. The number of hydrogen-bond acceptors (Lipinski definition) is 5. The van der Waals surface area contributed by atoms with Crippen LogP contribution < -0.4 is 0 Å². The predicted molar refractivity (Wildman–Crippen MR) is 141 cm³/mol. The van der Waals surface area contributed by atoms with Gasteiger partial charge >= 0.3 is 0 Å². The zero-order valence-corrected chi connectivity index (χ0v) is 22.6. The van der Waals surface area contributed by atoms with Gasteiger partial charge in [0.15, 0.2) is 6.29 Å². The van der Waals surface area contributed by atoms with E-state index < -0.39 is 24.6 Å². The Bertz CT molecular complexity index is 433. The molecule has 0 saturated carbocycles. The van der Waals surface area contributed by atoms with Crippen molar-refractivity contribution in [1.29, 1.82) is 0 Å². The summed E-state index contributed by atoms with van der Waals surface area (Å²) in [5, 5.41) is 29.7. The van der Waals surface area contributed by atoms with Gasteiger partial charge in [0.2, 0.25) is 0 Å². The van der Waals surface area contributed by atoms with Crippen molar-refractivity contribution < 1.29 is 24.8 Å². The molecule has 1 heterocycles. The van der Waals surface area contributed by atoms with Gasteiger partial charge in [-0.2, -0.15) is 0 Å². The van der Waals surface area contributed by atoms with Crippen molar-refractivity contribution in [3.05, 3.63) is 0 Å². The van der Waals surface area contributed by atoms with Gasteiger partial charge < -0.3 is 24.8 Å². The lowest BCUT2D eigenvalue weighted by molar-refractivity contribution is -0.272. The fourth-order valence-electron chi connectivity index (χ4n) is 4.96. The number of aliphatic hydroxyl groups excluding tert-OH is 3. The molecule has 0 radical (unpaired) electrons. The van der Waals surface area contributed by atoms with E-state index in [1.807, 2.05) is 0 Å². The summed E-state index contributed by atoms with van der Waals surface area (Å²) >= 11 is 0. The van der Waals surface area contributed by atoms with Crippen molar-refractivity contribution in [3.63, 3.8) is 0 Å². The van der Waals surface area contributed by atoms with Crippen LogP contribution in [0, 0.1) is 5.92 Å². The predicted octanol–water partition coefficient (Wildman–Crippen LogP) is 6.90. The molecule has 5 unspecified atom stereocenters. The van der Waals surface area contributed by atoms with Crippen LogP contribution in [-0.2, 0) is 9.47 Å². The molecule has 1 fully saturated rings. The zero-order chi connectivity index (χ0) is 24.9. The van der Waals surface area contributed by atoms with E-state index in [0.29, 0.717) is 12.5 Å². The topological polar surface area (TPSA) is 79.2 Å². The molecule has 34 heavy (non-hydrogen) atoms. The molecular weight excluding hydrogens is 428 g/mol. The first-order chi connectivity index (χ1) is 16.6. The van der Waals surface area contributed by atoms with E-state index in [4.69, 9.17) is 9.47 Å². The molecule has 0 aromatic carbocycles. The van der Waals surface area contributed by atoms with Crippen LogP contribution in [0.2, 0.25) is 0 Å². The molecule has 1 saturated heterocycles. The summed E-state index contributed by atoms with van der Waals surface area (Å²) in [4.78, 5) is 0. The van der Waals surface area contributed by atoms with E-state index in [1.165, 1.54) is 116 Å². The van der Waals surface area contributed by atoms with Gasteiger partial charge in [-0.15, -0.1) is 0 Å². The lowest BCUT2D eigenvalue weighted by Gasteiger charge is -2.35. The minimum Gasteiger partial charge on any atom is -0.388 e. The maximum atomic E-state index is 10.2. The largest absolute Gasteiger partial charge is 0.388 e. The Kier molecular flexibility index (Phi) is 20.6. The minimum atomic E-state index is -1.20. The van der Waals surface area contributed by atoms with Gasteiger partial charge in [0.1, 0.15) is 18.3 Å². The maximum Gasteiger partial charge on any atom is 0.186 e. The Balaban J connectivity index is 2.25. The monoisotopic (exact) mass is 486 g/mol. The normalized spacial score (nSPS) is 23.9. The second kappa shape index (κ2) is 22.0. The molecular formula is C29H58O5. The van der Waals surface area contributed by atoms with E-state index in [2.05, 4.69) is 13.8 Å². The highest BCUT2D eigenvalue weighted by atomic mass is 16.7. The summed E-state index contributed by atoms with van der Waals surface area (Å²) in [6, 6.07) is 0. The maximum absolute atomic E-state index is 10.2. The van der Waals surface area contributed by atoms with Crippen LogP contribution in [0.15, 0.2) is 0 Å². The van der Waals surface area contributed by atoms with E-state index in [1.54, 1.807) is 0 Å². The van der Waals surface area contributed by atoms with Crippen LogP contribution in [-0.4, -0.2) is 53.1 Å². The van der Waals surface area contributed by atoms with Gasteiger partial charge in [-0.1, -0.05) is 129 Å². The van der Waals surface area contributed by atoms with Crippen molar-refractivity contribution >= 4 is 0 Å². The van der Waals surface area contributed by atoms with Crippen LogP contribution in [0.25, 0.3) is 0 Å². The average molecular weight is 487 g/mol. The Morgan fingerprint density at radius 1 is 0.618 bits per heavy atom. The summed E-state index contributed by atoms with van der Waals surface area (Å²) < 4.78 is 11.3. The summed E-state index contributed by atoms with van der Waals surface area (Å²) in [5.74, 6) is 0.467. The third kappa shape index (κ3) is 15.7. The third-order valence-electron chi connectivity index (χ3n) is 7.38. The first-order valence-corrected chi connectivity index (χ1v) is 14.9. The SMILES string of the molecule is CCCCCCCCCCCCC(CCCCCCCCCC)COC1OCC(O)C(O)C1O. The minimum absolute atomic E-state index is 0.00400. The fraction of sp³-hybridized carbons (Fsp3) is 1.00. The highest BCUT2D eigenvalue weighted by Crippen LogP contribution is 2.23. The quantitative estimate of drug-likeness (QED) is 0.137. The second-order valence-electron chi connectivity index (χ2n) is 10.7. The first-order valence-electron chi connectivity index (χ1n) is 14.9. The van der Waals surface area contributed by atoms with Crippen LogP contribution in [0.5, 0.6) is 0 Å². The molecule has 1 aliphatic heterocycles. The molecule has 1 rings (SSSR count). The van der Waals surface area contributed by atoms with Crippen molar-refractivity contribution in [3.8, 4) is 0 Å². The van der Waals surface area contributed by atoms with E-state index in [9.17, 15) is 15.3 Å². The first kappa shape index (κ1) is 31.8. The summed E-state index contributed by atoms with van der Waals surface area (Å²) in [7, 11) is 0. The molecule has 0 amide bonds. The highest BCUT2D eigenvalue weighted by molar-refractivity contribution is 4.82. The Hall–Kier alpha value is -0.200. The molecule has 0 aliphatic carbocycles. The summed E-state index contributed by atoms with van der Waals surface area (Å²) in [6.45, 7) is 5.09. The fourth-order valence-corrected chi connectivity index (χ4v) is 4.96. The lowest BCUT2D eigenvalue weighted by Crippen LogP contribution is -2.53. The number of rotatable bonds is 23. The van der Waals surface area contributed by atoms with Crippen LogP contribution in [0.3, 0.4) is 0 Å². The van der Waals surface area contributed by atoms with E-state index in [-0.39, 0.29) is 6.61 Å². The molecule has 5 heteroatoms. The summed E-state index contributed by atoms with van der Waals surface area (Å²) in [6.07, 6.45) is 22.1. The third-order valence-corrected chi connectivity index (χ3v) is 7.38. The van der Waals surface area contributed by atoms with Gasteiger partial charge in [-0.3, -0.25) is 0 Å². The molecule has 0 aromatic rings. The number of unbranched alkanes of at least 4 members (excludes halogenated alkanes) is 16. The summed E-state index contributed by atoms with van der Waals surface area (Å²) in [5.41, 5.74) is 0. The van der Waals surface area contributed by atoms with Crippen LogP contribution in [0.1, 0.15) is 142 Å². The molecule has 5 atom stereocenters. The van der Waals surface area contributed by atoms with Gasteiger partial charge in [0, 0.05) is 0 Å². The second-order valence-corrected chi connectivity index (χ2v) is 10.7. The molecule has 0 aromatic heterocycles. The van der Waals surface area contributed by atoms with Crippen molar-refractivity contribution in [2.75, 3.05) is 13.2 Å². The van der Waals surface area contributed by atoms with Gasteiger partial charge in [0.25, 0.3) is 0 Å². The number of ether oxygens (including phenoxy) is 2. The standard InChI is InChI=1S/C29H58O5/c1-3-5-7-9-11-13-14-16-18-20-22-25(21-19-17-15-12-10-8-6-4-2)23-33-29-28(32)27(31)26(30)24-34-29/h25-32H,3-24H2,1-2H3. The number of aliphatic hydroxyl groups is 3. The molecule has 5 nitrogen and oxygen atoms in total. The molecule has 3 N–H and O–H groups in total. The number of hydrogen-bond donors (Lipinski definition) is 3. The van der Waals surface area contributed by atoms with Crippen LogP contribution >= 0.6 is 0 Å². The van der Waals surface area contributed by atoms with Gasteiger partial charge in [0.05, 0.1) is 13.2 Å². The van der Waals surface area contributed by atoms with Gasteiger partial charge in [-0.25, -0.2) is 0 Å². The Morgan fingerprint density at radius 3 is 1.47 bits per heavy atom. The molecule has 1 aliphatic rings. The van der Waals surface area contributed by atoms with Gasteiger partial charge in [-0.05, 0) is 18.8 Å². The Labute approximate surface area is 211 Å². The van der Waals surface area contributed by atoms with Crippen LogP contribution in [0.4, 0.5) is 0 Å². The van der Waals surface area contributed by atoms with E-state index >= 15 is 0 Å². The van der Waals surface area contributed by atoms with Crippen molar-refractivity contribution in [2.24, 2.45) is 5.92 Å². The zero-order valence-electron chi connectivity index (χ0n) is 22.6. The highest BCUT2D eigenvalue weighted by Gasteiger charge is 2.38. The average Bonchev–Trinajstić information content (AvgIpc) is 2.84.